The molecule has 0 aliphatic carbocycles. The van der Waals surface area contributed by atoms with Crippen LogP contribution in [0, 0.1) is 0 Å². The number of carbonyl (C=O) groups is 2. The summed E-state index contributed by atoms with van der Waals surface area (Å²) in [5, 5.41) is 2.32. The number of nitrogens with one attached hydrogen (secondary N) is 1. The number of anilines is 1. The minimum atomic E-state index is -4.33. The minimum absolute atomic E-state index is 0.0781. The molecule has 0 saturated heterocycles. The van der Waals surface area contributed by atoms with Crippen molar-refractivity contribution in [1.82, 2.24) is 0 Å². The molecule has 0 aliphatic rings. The van der Waals surface area contributed by atoms with Crippen LogP contribution in [-0.2, 0) is 16.2 Å². The van der Waals surface area contributed by atoms with Crippen molar-refractivity contribution in [3.8, 4) is 5.75 Å². The molecule has 0 unspecified atom stereocenters. The van der Waals surface area contributed by atoms with E-state index in [0.29, 0.717) is 11.4 Å². The average molecular weight is 370 g/mol. The molecule has 0 atom stereocenters. The molecule has 0 radical (unpaired) electrons. The highest BCUT2D eigenvalue weighted by Crippen LogP contribution is 2.37. The Hall–Kier alpha value is -2.68. The first-order valence-corrected chi connectivity index (χ1v) is 7.73. The molecule has 2 rings (SSSR count). The summed E-state index contributed by atoms with van der Waals surface area (Å²) in [5.74, 6) is -1.57. The summed E-state index contributed by atoms with van der Waals surface area (Å²) < 4.78 is 42.2. The van der Waals surface area contributed by atoms with E-state index >= 15 is 0 Å². The van der Waals surface area contributed by atoms with Gasteiger partial charge >= 0.3 is 17.3 Å². The largest absolute Gasteiger partial charge is 0.489 e. The van der Waals surface area contributed by atoms with Crippen LogP contribution < -0.4 is 15.8 Å². The van der Waals surface area contributed by atoms with E-state index in [4.69, 9.17) is 10.5 Å². The lowest BCUT2D eigenvalue weighted by Crippen LogP contribution is -2.29. The Bertz CT molecular complexity index is 747. The molecular weight excluding hydrogens is 357 g/mol. The van der Waals surface area contributed by atoms with E-state index in [1.165, 1.54) is 24.3 Å². The first kappa shape index (κ1) is 18.7. The Balaban J connectivity index is 1.88. The normalized spacial score (nSPS) is 11.0. The Labute approximate surface area is 145 Å². The Kier molecular flexibility index (Phi) is 5.92. The smallest absolute Gasteiger partial charge is 0.446 e. The maximum Gasteiger partial charge on any atom is 0.446 e. The van der Waals surface area contributed by atoms with Crippen LogP contribution in [-0.4, -0.2) is 17.3 Å². The number of thioether (sulfide) groups is 1. The number of hydrogen-bond donors (Lipinski definition) is 2. The molecule has 25 heavy (non-hydrogen) atoms. The van der Waals surface area contributed by atoms with Gasteiger partial charge in [-0.25, -0.2) is 0 Å². The summed E-state index contributed by atoms with van der Waals surface area (Å²) in [6.07, 6.45) is 0. The predicted molar refractivity (Wildman–Crippen MR) is 87.0 cm³/mol. The molecule has 9 heteroatoms. The van der Waals surface area contributed by atoms with Crippen LogP contribution >= 0.6 is 11.8 Å². The number of halogens is 3. The molecule has 0 bridgehead atoms. The lowest BCUT2D eigenvalue weighted by molar-refractivity contribution is -0.134. The summed E-state index contributed by atoms with van der Waals surface area (Å²) in [4.78, 5) is 21.9. The molecule has 2 amide bonds. The summed E-state index contributed by atoms with van der Waals surface area (Å²) in [7, 11) is 0. The van der Waals surface area contributed by atoms with Crippen molar-refractivity contribution >= 4 is 29.3 Å². The van der Waals surface area contributed by atoms with Gasteiger partial charge in [0.1, 0.15) is 12.4 Å². The number of hydrogen-bond acceptors (Lipinski definition) is 4. The van der Waals surface area contributed by atoms with E-state index in [9.17, 15) is 22.8 Å². The van der Waals surface area contributed by atoms with Crippen molar-refractivity contribution in [2.24, 2.45) is 5.73 Å². The highest BCUT2D eigenvalue weighted by atomic mass is 32.2. The van der Waals surface area contributed by atoms with Gasteiger partial charge in [-0.1, -0.05) is 12.1 Å². The number of carbonyl (C=O) groups excluding carboxylic acids is 2. The van der Waals surface area contributed by atoms with Crippen molar-refractivity contribution in [2.45, 2.75) is 17.0 Å². The Morgan fingerprint density at radius 3 is 2.16 bits per heavy atom. The number of rotatable bonds is 5. The van der Waals surface area contributed by atoms with Crippen LogP contribution in [0.2, 0.25) is 0 Å². The molecular formula is C16H13F3N2O3S. The molecule has 5 nitrogen and oxygen atoms in total. The van der Waals surface area contributed by atoms with Gasteiger partial charge in [0.15, 0.2) is 0 Å². The molecule has 0 aromatic heterocycles. The lowest BCUT2D eigenvalue weighted by Gasteiger charge is -2.09. The second kappa shape index (κ2) is 7.93. The number of primary amides is 1. The van der Waals surface area contributed by atoms with Crippen LogP contribution in [0.3, 0.4) is 0 Å². The van der Waals surface area contributed by atoms with E-state index in [1.807, 2.05) is 0 Å². The van der Waals surface area contributed by atoms with Crippen LogP contribution in [0.4, 0.5) is 18.9 Å². The SMILES string of the molecule is NC(=O)C(=O)Nc1ccc(COc2ccc(SC(F)(F)F)cc2)cc1. The maximum atomic E-state index is 12.2. The van der Waals surface area contributed by atoms with Gasteiger partial charge in [0.25, 0.3) is 0 Å². The van der Waals surface area contributed by atoms with Gasteiger partial charge in [-0.3, -0.25) is 9.59 Å². The van der Waals surface area contributed by atoms with Crippen molar-refractivity contribution in [3.63, 3.8) is 0 Å². The van der Waals surface area contributed by atoms with Crippen molar-refractivity contribution < 1.29 is 27.5 Å². The molecule has 3 N–H and O–H groups in total. The highest BCUT2D eigenvalue weighted by Gasteiger charge is 2.29. The molecule has 0 spiro atoms. The number of benzene rings is 2. The standard InChI is InChI=1S/C16H13F3N2O3S/c17-16(18,19)25-13-7-5-12(6-8-13)24-9-10-1-3-11(4-2-10)21-15(23)14(20)22/h1-8H,9H2,(H2,20,22)(H,21,23). The zero-order valence-electron chi connectivity index (χ0n) is 12.7. The summed E-state index contributed by atoms with van der Waals surface area (Å²) in [5.41, 5.74) is 1.68. The predicted octanol–water partition coefficient (Wildman–Crippen LogP) is 3.30. The average Bonchev–Trinajstić information content (AvgIpc) is 2.54. The molecule has 0 aliphatic heterocycles. The van der Waals surface area contributed by atoms with E-state index in [2.05, 4.69) is 5.32 Å². The zero-order chi connectivity index (χ0) is 18.4. The van der Waals surface area contributed by atoms with Gasteiger partial charge in [-0.05, 0) is 53.7 Å². The fourth-order valence-corrected chi connectivity index (χ4v) is 2.32. The number of amides is 2. The molecule has 132 valence electrons. The molecule has 0 saturated carbocycles. The second-order valence-electron chi connectivity index (χ2n) is 4.82. The summed E-state index contributed by atoms with van der Waals surface area (Å²) >= 11 is -0.191. The van der Waals surface area contributed by atoms with E-state index in [1.54, 1.807) is 24.3 Å². The quantitative estimate of drug-likeness (QED) is 0.625. The molecule has 0 heterocycles. The Morgan fingerprint density at radius 2 is 1.64 bits per heavy atom. The highest BCUT2D eigenvalue weighted by molar-refractivity contribution is 8.00. The van der Waals surface area contributed by atoms with Crippen LogP contribution in [0.5, 0.6) is 5.75 Å². The van der Waals surface area contributed by atoms with Gasteiger partial charge in [-0.15, -0.1) is 0 Å². The van der Waals surface area contributed by atoms with Crippen molar-refractivity contribution in [2.75, 3.05) is 5.32 Å². The van der Waals surface area contributed by atoms with Crippen LogP contribution in [0.25, 0.3) is 0 Å². The monoisotopic (exact) mass is 370 g/mol. The third-order valence-electron chi connectivity index (χ3n) is 2.90. The van der Waals surface area contributed by atoms with Crippen molar-refractivity contribution in [3.05, 3.63) is 54.1 Å². The van der Waals surface area contributed by atoms with E-state index in [-0.39, 0.29) is 23.3 Å². The van der Waals surface area contributed by atoms with E-state index < -0.39 is 17.3 Å². The number of nitrogens with two attached hydrogens (primary N) is 1. The first-order chi connectivity index (χ1) is 11.7. The molecule has 2 aromatic carbocycles. The van der Waals surface area contributed by atoms with Gasteiger partial charge in [-0.2, -0.15) is 13.2 Å². The number of alkyl halides is 3. The minimum Gasteiger partial charge on any atom is -0.489 e. The first-order valence-electron chi connectivity index (χ1n) is 6.91. The second-order valence-corrected chi connectivity index (χ2v) is 5.96. The summed E-state index contributed by atoms with van der Waals surface area (Å²) in [6.45, 7) is 0.190. The maximum absolute atomic E-state index is 12.2. The Morgan fingerprint density at radius 1 is 1.04 bits per heavy atom. The molecule has 2 aromatic rings. The van der Waals surface area contributed by atoms with Crippen molar-refractivity contribution in [1.29, 1.82) is 0 Å². The van der Waals surface area contributed by atoms with Gasteiger partial charge in [0, 0.05) is 10.6 Å². The summed E-state index contributed by atoms with van der Waals surface area (Å²) in [6, 6.07) is 12.1. The zero-order valence-corrected chi connectivity index (χ0v) is 13.5. The van der Waals surface area contributed by atoms with Crippen LogP contribution in [0.1, 0.15) is 5.56 Å². The fraction of sp³-hybridized carbons (Fsp3) is 0.125. The molecule has 0 fully saturated rings. The third kappa shape index (κ3) is 6.38. The van der Waals surface area contributed by atoms with Gasteiger partial charge in [0.2, 0.25) is 0 Å². The van der Waals surface area contributed by atoms with E-state index in [0.717, 1.165) is 5.56 Å². The van der Waals surface area contributed by atoms with Gasteiger partial charge in [0.05, 0.1) is 0 Å². The van der Waals surface area contributed by atoms with Crippen LogP contribution in [0.15, 0.2) is 53.4 Å². The van der Waals surface area contributed by atoms with Gasteiger partial charge < -0.3 is 15.8 Å². The lowest BCUT2D eigenvalue weighted by atomic mass is 10.2. The number of ether oxygens (including phenoxy) is 1. The fourth-order valence-electron chi connectivity index (χ4n) is 1.78. The topological polar surface area (TPSA) is 81.4 Å². The third-order valence-corrected chi connectivity index (χ3v) is 3.64.